The highest BCUT2D eigenvalue weighted by atomic mass is 15.1. The molecule has 0 atom stereocenters. The van der Waals surface area contributed by atoms with E-state index in [-0.39, 0.29) is 0 Å². The number of nitrogens with zero attached hydrogens (tertiary/aromatic N) is 2. The second-order valence-corrected chi connectivity index (χ2v) is 13.3. The molecular formula is C49H36N2. The van der Waals surface area contributed by atoms with E-state index < -0.39 is 0 Å². The summed E-state index contributed by atoms with van der Waals surface area (Å²) in [6.45, 7) is 4.36. The van der Waals surface area contributed by atoms with Crippen LogP contribution in [0.25, 0.3) is 65.8 Å². The first-order valence-corrected chi connectivity index (χ1v) is 17.6. The maximum Gasteiger partial charge on any atom is 0.0786 e. The monoisotopic (exact) mass is 652 g/mol. The Kier molecular flexibility index (Phi) is 7.63. The van der Waals surface area contributed by atoms with Gasteiger partial charge in [-0.3, -0.25) is 4.98 Å². The summed E-state index contributed by atoms with van der Waals surface area (Å²) in [5.41, 5.74) is 14.2. The van der Waals surface area contributed by atoms with E-state index in [1.165, 1.54) is 77.4 Å². The van der Waals surface area contributed by atoms with Crippen LogP contribution in [0.1, 0.15) is 11.1 Å². The fraction of sp³-hybridized carbons (Fsp3) is 0.0408. The van der Waals surface area contributed by atoms with Crippen LogP contribution < -0.4 is 4.90 Å². The zero-order valence-corrected chi connectivity index (χ0v) is 28.7. The Hall–Kier alpha value is -6.51. The molecule has 0 radical (unpaired) electrons. The predicted molar refractivity (Wildman–Crippen MR) is 217 cm³/mol. The van der Waals surface area contributed by atoms with Gasteiger partial charge in [0.2, 0.25) is 0 Å². The minimum atomic E-state index is 1.03. The molecule has 0 aliphatic rings. The van der Waals surface area contributed by atoms with Gasteiger partial charge in [0.1, 0.15) is 0 Å². The van der Waals surface area contributed by atoms with Crippen molar-refractivity contribution in [2.75, 3.05) is 4.90 Å². The van der Waals surface area contributed by atoms with E-state index in [0.29, 0.717) is 0 Å². The number of aryl methyl sites for hydroxylation is 2. The van der Waals surface area contributed by atoms with Gasteiger partial charge in [-0.25, -0.2) is 0 Å². The second-order valence-electron chi connectivity index (χ2n) is 13.3. The van der Waals surface area contributed by atoms with Crippen LogP contribution in [0.3, 0.4) is 0 Å². The highest BCUT2D eigenvalue weighted by Crippen LogP contribution is 2.47. The molecule has 1 aromatic heterocycles. The number of fused-ring (bicyclic) bond motifs is 4. The summed E-state index contributed by atoms with van der Waals surface area (Å²) in [5, 5.41) is 5.98. The highest BCUT2D eigenvalue weighted by molar-refractivity contribution is 6.27. The molecule has 8 aromatic carbocycles. The fourth-order valence-electron chi connectivity index (χ4n) is 7.69. The van der Waals surface area contributed by atoms with E-state index in [9.17, 15) is 0 Å². The third kappa shape index (κ3) is 5.33. The molecule has 9 rings (SSSR count). The molecule has 0 bridgehead atoms. The van der Waals surface area contributed by atoms with Crippen molar-refractivity contribution in [1.82, 2.24) is 4.98 Å². The first-order valence-electron chi connectivity index (χ1n) is 17.6. The molecule has 0 spiro atoms. The van der Waals surface area contributed by atoms with Gasteiger partial charge in [0.25, 0.3) is 0 Å². The van der Waals surface area contributed by atoms with E-state index in [4.69, 9.17) is 4.98 Å². The van der Waals surface area contributed by atoms with Crippen LogP contribution in [0, 0.1) is 13.8 Å². The van der Waals surface area contributed by atoms with Crippen LogP contribution in [-0.4, -0.2) is 4.98 Å². The molecular weight excluding hydrogens is 617 g/mol. The molecule has 0 saturated heterocycles. The molecule has 1 heterocycles. The predicted octanol–water partition coefficient (Wildman–Crippen LogP) is 13.6. The number of para-hydroxylation sites is 2. The van der Waals surface area contributed by atoms with Gasteiger partial charge in [-0.1, -0.05) is 140 Å². The lowest BCUT2D eigenvalue weighted by Gasteiger charge is -2.28. The van der Waals surface area contributed by atoms with Crippen molar-refractivity contribution >= 4 is 49.5 Å². The lowest BCUT2D eigenvalue weighted by atomic mass is 9.84. The lowest BCUT2D eigenvalue weighted by Crippen LogP contribution is -2.12. The minimum Gasteiger partial charge on any atom is -0.310 e. The maximum atomic E-state index is 4.98. The molecule has 2 heteroatoms. The third-order valence-electron chi connectivity index (χ3n) is 10.1. The van der Waals surface area contributed by atoms with Gasteiger partial charge in [0.15, 0.2) is 0 Å². The Bertz CT molecular complexity index is 2650. The second kappa shape index (κ2) is 12.7. The van der Waals surface area contributed by atoms with Crippen LogP contribution >= 0.6 is 0 Å². The Morgan fingerprint density at radius 2 is 0.980 bits per heavy atom. The van der Waals surface area contributed by atoms with Gasteiger partial charge in [-0.2, -0.15) is 0 Å². The number of benzene rings is 8. The van der Waals surface area contributed by atoms with E-state index >= 15 is 0 Å². The zero-order chi connectivity index (χ0) is 34.3. The first-order chi connectivity index (χ1) is 25.2. The minimum absolute atomic E-state index is 1.03. The Morgan fingerprint density at radius 3 is 1.63 bits per heavy atom. The lowest BCUT2D eigenvalue weighted by molar-refractivity contribution is 1.23. The van der Waals surface area contributed by atoms with Crippen LogP contribution in [0.5, 0.6) is 0 Å². The van der Waals surface area contributed by atoms with Crippen LogP contribution in [-0.2, 0) is 0 Å². The van der Waals surface area contributed by atoms with Crippen molar-refractivity contribution in [1.29, 1.82) is 0 Å². The molecule has 0 fully saturated rings. The van der Waals surface area contributed by atoms with Gasteiger partial charge < -0.3 is 4.90 Å². The normalized spacial score (nSPS) is 11.3. The Morgan fingerprint density at radius 1 is 0.412 bits per heavy atom. The quantitative estimate of drug-likeness (QED) is 0.131. The van der Waals surface area contributed by atoms with Crippen molar-refractivity contribution in [2.45, 2.75) is 13.8 Å². The summed E-state index contributed by atoms with van der Waals surface area (Å²) in [6.07, 6.45) is 1.91. The first kappa shape index (κ1) is 30.5. The smallest absolute Gasteiger partial charge is 0.0786 e. The van der Waals surface area contributed by atoms with Crippen molar-refractivity contribution in [3.05, 3.63) is 193 Å². The summed E-state index contributed by atoms with van der Waals surface area (Å²) >= 11 is 0. The van der Waals surface area contributed by atoms with Gasteiger partial charge in [0, 0.05) is 34.0 Å². The van der Waals surface area contributed by atoms with Crippen LogP contribution in [0.15, 0.2) is 182 Å². The number of anilines is 3. The van der Waals surface area contributed by atoms with Gasteiger partial charge >= 0.3 is 0 Å². The third-order valence-corrected chi connectivity index (χ3v) is 10.1. The van der Waals surface area contributed by atoms with Gasteiger partial charge in [-0.15, -0.1) is 0 Å². The Balaban J connectivity index is 1.28. The summed E-state index contributed by atoms with van der Waals surface area (Å²) < 4.78 is 0. The molecule has 2 nitrogen and oxygen atoms in total. The molecule has 0 saturated carbocycles. The van der Waals surface area contributed by atoms with Crippen LogP contribution in [0.2, 0.25) is 0 Å². The molecule has 0 N–H and O–H groups in total. The number of hydrogen-bond acceptors (Lipinski definition) is 2. The van der Waals surface area contributed by atoms with E-state index in [0.717, 1.165) is 16.6 Å². The largest absolute Gasteiger partial charge is 0.310 e. The average molecular weight is 653 g/mol. The molecule has 0 aliphatic carbocycles. The van der Waals surface area contributed by atoms with Crippen LogP contribution in [0.4, 0.5) is 17.1 Å². The SMILES string of the molecule is Cc1ccccc1N(c1ccc(-c2ccc3c(-c4ccccc4)c4c(ccc5cccnc54)c(-c4ccccc4)c3c2)cc1)c1ccccc1C. The molecule has 0 unspecified atom stereocenters. The van der Waals surface area contributed by atoms with Crippen molar-refractivity contribution in [2.24, 2.45) is 0 Å². The fourth-order valence-corrected chi connectivity index (χ4v) is 7.69. The number of aromatic nitrogens is 1. The molecule has 0 amide bonds. The number of pyridine rings is 1. The molecule has 9 aromatic rings. The number of rotatable bonds is 6. The van der Waals surface area contributed by atoms with Crippen molar-refractivity contribution in [3.63, 3.8) is 0 Å². The average Bonchev–Trinajstić information content (AvgIpc) is 3.19. The molecule has 242 valence electrons. The van der Waals surface area contributed by atoms with Crippen molar-refractivity contribution < 1.29 is 0 Å². The van der Waals surface area contributed by atoms with Crippen molar-refractivity contribution in [3.8, 4) is 33.4 Å². The molecule has 51 heavy (non-hydrogen) atoms. The topological polar surface area (TPSA) is 16.1 Å². The van der Waals surface area contributed by atoms with E-state index in [2.05, 4.69) is 189 Å². The molecule has 0 aliphatic heterocycles. The van der Waals surface area contributed by atoms with Gasteiger partial charge in [0.05, 0.1) is 5.52 Å². The zero-order valence-electron chi connectivity index (χ0n) is 28.7. The summed E-state index contributed by atoms with van der Waals surface area (Å²) in [7, 11) is 0. The standard InChI is InChI=1S/C49H36N2/c1-33-14-9-11-21-44(33)51(45-22-12-10-15-34(45)2)40-27-23-35(24-28-40)39-26-29-41-43(32-39)46(36-16-5-3-6-17-36)42-30-25-38-20-13-31-50-49(38)48(42)47(41)37-18-7-4-8-19-37/h3-32H,1-2H3. The maximum absolute atomic E-state index is 4.98. The summed E-state index contributed by atoms with van der Waals surface area (Å²) in [5.74, 6) is 0. The van der Waals surface area contributed by atoms with E-state index in [1.807, 2.05) is 12.3 Å². The van der Waals surface area contributed by atoms with Gasteiger partial charge in [-0.05, 0) is 111 Å². The highest BCUT2D eigenvalue weighted by Gasteiger charge is 2.21. The Labute approximate surface area is 298 Å². The summed E-state index contributed by atoms with van der Waals surface area (Å²) in [4.78, 5) is 7.35. The summed E-state index contributed by atoms with van der Waals surface area (Å²) in [6, 6.07) is 63.5. The van der Waals surface area contributed by atoms with E-state index in [1.54, 1.807) is 0 Å². The number of hydrogen-bond donors (Lipinski definition) is 0.